The minimum atomic E-state index is 0.708. The lowest BCUT2D eigenvalue weighted by molar-refractivity contribution is 0.587. The molecule has 0 aromatic heterocycles. The molecule has 3 nitrogen and oxygen atoms in total. The monoisotopic (exact) mass is 235 g/mol. The second-order valence-corrected chi connectivity index (χ2v) is 4.92. The SMILES string of the molecule is CC(C)CCc1ccc(NCCCN)c(N)c1. The highest BCUT2D eigenvalue weighted by Gasteiger charge is 2.01. The van der Waals surface area contributed by atoms with Gasteiger partial charge in [-0.1, -0.05) is 19.9 Å². The molecule has 0 spiro atoms. The maximum Gasteiger partial charge on any atom is 0.0574 e. The van der Waals surface area contributed by atoms with Gasteiger partial charge in [-0.15, -0.1) is 0 Å². The van der Waals surface area contributed by atoms with Gasteiger partial charge in [-0.05, 0) is 49.4 Å². The molecule has 0 aliphatic carbocycles. The molecule has 0 radical (unpaired) electrons. The zero-order chi connectivity index (χ0) is 12.7. The molecule has 0 saturated heterocycles. The van der Waals surface area contributed by atoms with E-state index >= 15 is 0 Å². The number of hydrogen-bond donors (Lipinski definition) is 3. The van der Waals surface area contributed by atoms with E-state index in [1.807, 2.05) is 0 Å². The first-order valence-electron chi connectivity index (χ1n) is 6.46. The summed E-state index contributed by atoms with van der Waals surface area (Å²) in [7, 11) is 0. The Bertz CT molecular complexity index is 334. The lowest BCUT2D eigenvalue weighted by Crippen LogP contribution is -2.09. The minimum Gasteiger partial charge on any atom is -0.397 e. The summed E-state index contributed by atoms with van der Waals surface area (Å²) in [6, 6.07) is 6.30. The minimum absolute atomic E-state index is 0.708. The van der Waals surface area contributed by atoms with Crippen LogP contribution in [-0.4, -0.2) is 13.1 Å². The standard InChI is InChI=1S/C14H25N3/c1-11(2)4-5-12-6-7-14(13(16)10-12)17-9-3-8-15/h6-7,10-11,17H,3-5,8-9,15-16H2,1-2H3. The molecule has 96 valence electrons. The summed E-state index contributed by atoms with van der Waals surface area (Å²) in [5.41, 5.74) is 14.6. The first-order chi connectivity index (χ1) is 8.13. The van der Waals surface area contributed by atoms with E-state index in [1.54, 1.807) is 0 Å². The van der Waals surface area contributed by atoms with Gasteiger partial charge in [0.1, 0.15) is 0 Å². The van der Waals surface area contributed by atoms with Crippen molar-refractivity contribution in [1.82, 2.24) is 0 Å². The molecule has 1 aromatic carbocycles. The Hall–Kier alpha value is -1.22. The van der Waals surface area contributed by atoms with Gasteiger partial charge in [0, 0.05) is 6.54 Å². The molecule has 1 aromatic rings. The number of hydrogen-bond acceptors (Lipinski definition) is 3. The van der Waals surface area contributed by atoms with Crippen LogP contribution >= 0.6 is 0 Å². The predicted octanol–water partition coefficient (Wildman–Crippen LogP) is 2.62. The van der Waals surface area contributed by atoms with E-state index in [0.717, 1.165) is 36.7 Å². The molecule has 3 heteroatoms. The molecule has 0 aliphatic rings. The third-order valence-corrected chi connectivity index (χ3v) is 2.82. The van der Waals surface area contributed by atoms with Crippen molar-refractivity contribution >= 4 is 11.4 Å². The summed E-state index contributed by atoms with van der Waals surface area (Å²) < 4.78 is 0. The summed E-state index contributed by atoms with van der Waals surface area (Å²) in [5, 5.41) is 3.30. The van der Waals surface area contributed by atoms with E-state index in [-0.39, 0.29) is 0 Å². The summed E-state index contributed by atoms with van der Waals surface area (Å²) in [6.45, 7) is 6.07. The number of rotatable bonds is 7. The molecule has 0 saturated carbocycles. The molecule has 0 heterocycles. The summed E-state index contributed by atoms with van der Waals surface area (Å²) in [6.07, 6.45) is 3.28. The highest BCUT2D eigenvalue weighted by atomic mass is 14.9. The van der Waals surface area contributed by atoms with Gasteiger partial charge in [-0.25, -0.2) is 0 Å². The van der Waals surface area contributed by atoms with Crippen LogP contribution in [0.25, 0.3) is 0 Å². The fraction of sp³-hybridized carbons (Fsp3) is 0.571. The lowest BCUT2D eigenvalue weighted by atomic mass is 10.0. The van der Waals surface area contributed by atoms with Gasteiger partial charge in [0.15, 0.2) is 0 Å². The van der Waals surface area contributed by atoms with Crippen molar-refractivity contribution in [2.45, 2.75) is 33.1 Å². The van der Waals surface area contributed by atoms with Gasteiger partial charge < -0.3 is 16.8 Å². The zero-order valence-corrected chi connectivity index (χ0v) is 11.0. The van der Waals surface area contributed by atoms with Crippen molar-refractivity contribution < 1.29 is 0 Å². The van der Waals surface area contributed by atoms with Gasteiger partial charge in [-0.3, -0.25) is 0 Å². The molecule has 0 fully saturated rings. The first-order valence-corrected chi connectivity index (χ1v) is 6.46. The summed E-state index contributed by atoms with van der Waals surface area (Å²) in [5.74, 6) is 0.735. The maximum absolute atomic E-state index is 6.02. The second kappa shape index (κ2) is 7.17. The smallest absolute Gasteiger partial charge is 0.0574 e. The van der Waals surface area contributed by atoms with Crippen molar-refractivity contribution in [3.05, 3.63) is 23.8 Å². The van der Waals surface area contributed by atoms with Crippen LogP contribution in [0.15, 0.2) is 18.2 Å². The van der Waals surface area contributed by atoms with Crippen molar-refractivity contribution in [3.63, 3.8) is 0 Å². The molecule has 0 unspecified atom stereocenters. The Balaban J connectivity index is 2.53. The Labute approximate surface area is 105 Å². The van der Waals surface area contributed by atoms with Crippen LogP contribution in [0, 0.1) is 5.92 Å². The number of nitrogens with one attached hydrogen (secondary N) is 1. The average molecular weight is 235 g/mol. The lowest BCUT2D eigenvalue weighted by Gasteiger charge is -2.11. The van der Waals surface area contributed by atoms with Gasteiger partial charge in [-0.2, -0.15) is 0 Å². The molecule has 1 rings (SSSR count). The number of aryl methyl sites for hydroxylation is 1. The number of nitrogens with two attached hydrogens (primary N) is 2. The number of anilines is 2. The summed E-state index contributed by atoms with van der Waals surface area (Å²) >= 11 is 0. The fourth-order valence-electron chi connectivity index (χ4n) is 1.71. The van der Waals surface area contributed by atoms with Crippen LogP contribution in [-0.2, 0) is 6.42 Å². The molecule has 0 amide bonds. The normalized spacial score (nSPS) is 10.8. The number of nitrogen functional groups attached to an aromatic ring is 1. The van der Waals surface area contributed by atoms with Gasteiger partial charge in [0.2, 0.25) is 0 Å². The van der Waals surface area contributed by atoms with Crippen molar-refractivity contribution in [1.29, 1.82) is 0 Å². The predicted molar refractivity (Wildman–Crippen MR) is 76.2 cm³/mol. The van der Waals surface area contributed by atoms with Gasteiger partial charge >= 0.3 is 0 Å². The largest absolute Gasteiger partial charge is 0.397 e. The third kappa shape index (κ3) is 5.09. The van der Waals surface area contributed by atoms with Gasteiger partial charge in [0.05, 0.1) is 11.4 Å². The average Bonchev–Trinajstić information content (AvgIpc) is 2.29. The van der Waals surface area contributed by atoms with E-state index in [4.69, 9.17) is 11.5 Å². The van der Waals surface area contributed by atoms with Gasteiger partial charge in [0.25, 0.3) is 0 Å². The van der Waals surface area contributed by atoms with E-state index in [2.05, 4.69) is 37.4 Å². The van der Waals surface area contributed by atoms with E-state index in [1.165, 1.54) is 12.0 Å². The number of benzene rings is 1. The first kappa shape index (κ1) is 13.8. The molecule has 5 N–H and O–H groups in total. The molecule has 0 bridgehead atoms. The molecule has 17 heavy (non-hydrogen) atoms. The van der Waals surface area contributed by atoms with Crippen LogP contribution in [0.1, 0.15) is 32.3 Å². The Morgan fingerprint density at radius 2 is 2.06 bits per heavy atom. The van der Waals surface area contributed by atoms with E-state index < -0.39 is 0 Å². The quantitative estimate of drug-likeness (QED) is 0.503. The van der Waals surface area contributed by atoms with E-state index in [0.29, 0.717) is 6.54 Å². The molecular formula is C14H25N3. The van der Waals surface area contributed by atoms with Crippen LogP contribution in [0.5, 0.6) is 0 Å². The molecule has 0 aliphatic heterocycles. The fourth-order valence-corrected chi connectivity index (χ4v) is 1.71. The topological polar surface area (TPSA) is 64.1 Å². The highest BCUT2D eigenvalue weighted by Crippen LogP contribution is 2.21. The molecular weight excluding hydrogens is 210 g/mol. The van der Waals surface area contributed by atoms with Crippen LogP contribution < -0.4 is 16.8 Å². The van der Waals surface area contributed by atoms with Crippen molar-refractivity contribution in [2.75, 3.05) is 24.1 Å². The van der Waals surface area contributed by atoms with Crippen molar-refractivity contribution in [2.24, 2.45) is 11.7 Å². The Morgan fingerprint density at radius 1 is 1.29 bits per heavy atom. The Morgan fingerprint density at radius 3 is 2.65 bits per heavy atom. The Kier molecular flexibility index (Phi) is 5.84. The van der Waals surface area contributed by atoms with Crippen LogP contribution in [0.2, 0.25) is 0 Å². The zero-order valence-electron chi connectivity index (χ0n) is 11.0. The van der Waals surface area contributed by atoms with Crippen LogP contribution in [0.4, 0.5) is 11.4 Å². The van der Waals surface area contributed by atoms with Crippen molar-refractivity contribution in [3.8, 4) is 0 Å². The van der Waals surface area contributed by atoms with E-state index in [9.17, 15) is 0 Å². The third-order valence-electron chi connectivity index (χ3n) is 2.82. The summed E-state index contributed by atoms with van der Waals surface area (Å²) in [4.78, 5) is 0. The maximum atomic E-state index is 6.02. The second-order valence-electron chi connectivity index (χ2n) is 4.92. The molecule has 0 atom stereocenters. The highest BCUT2D eigenvalue weighted by molar-refractivity contribution is 5.66. The van der Waals surface area contributed by atoms with Crippen LogP contribution in [0.3, 0.4) is 0 Å².